The first-order valence-corrected chi connectivity index (χ1v) is 11.0. The molecule has 27 heavy (non-hydrogen) atoms. The first-order chi connectivity index (χ1) is 12.6. The Morgan fingerprint density at radius 1 is 1.37 bits per heavy atom. The number of unbranched alkanes of at least 4 members (excludes halogenated alkanes) is 1. The summed E-state index contributed by atoms with van der Waals surface area (Å²) in [6, 6.07) is 8.63. The van der Waals surface area contributed by atoms with E-state index in [-0.39, 0.29) is 29.9 Å². The predicted molar refractivity (Wildman–Crippen MR) is 129 cm³/mol. The van der Waals surface area contributed by atoms with Crippen LogP contribution in [0.15, 0.2) is 38.6 Å². The van der Waals surface area contributed by atoms with Gasteiger partial charge in [0, 0.05) is 48.5 Å². The lowest BCUT2D eigenvalue weighted by molar-refractivity contribution is -0.129. The minimum atomic E-state index is 0. The van der Waals surface area contributed by atoms with E-state index in [0.717, 1.165) is 50.6 Å². The van der Waals surface area contributed by atoms with Gasteiger partial charge in [0.1, 0.15) is 0 Å². The number of amides is 1. The molecule has 1 atom stereocenters. The van der Waals surface area contributed by atoms with Gasteiger partial charge in [0.15, 0.2) is 5.96 Å². The van der Waals surface area contributed by atoms with Crippen LogP contribution in [-0.4, -0.2) is 55.2 Å². The largest absolute Gasteiger partial charge is 0.356 e. The Morgan fingerprint density at radius 2 is 2.15 bits per heavy atom. The minimum Gasteiger partial charge on any atom is -0.356 e. The van der Waals surface area contributed by atoms with Crippen LogP contribution in [0, 0.1) is 0 Å². The van der Waals surface area contributed by atoms with E-state index < -0.39 is 0 Å². The second-order valence-electron chi connectivity index (χ2n) is 6.31. The average molecular weight is 569 g/mol. The highest BCUT2D eigenvalue weighted by atomic mass is 127. The van der Waals surface area contributed by atoms with Crippen molar-refractivity contribution in [1.82, 2.24) is 15.5 Å². The van der Waals surface area contributed by atoms with E-state index in [4.69, 9.17) is 0 Å². The fourth-order valence-electron chi connectivity index (χ4n) is 2.89. The number of aliphatic imine (C=N–C) groups is 1. The molecule has 1 unspecified atom stereocenters. The number of carbonyl (C=O) groups excluding carboxylic acids is 1. The molecule has 152 valence electrons. The summed E-state index contributed by atoms with van der Waals surface area (Å²) in [7, 11) is 1.79. The molecule has 1 heterocycles. The van der Waals surface area contributed by atoms with Crippen LogP contribution in [-0.2, 0) is 4.79 Å². The van der Waals surface area contributed by atoms with Crippen LogP contribution in [0.25, 0.3) is 0 Å². The number of thioether (sulfide) groups is 1. The Labute approximate surface area is 192 Å². The lowest BCUT2D eigenvalue weighted by Crippen LogP contribution is -2.45. The van der Waals surface area contributed by atoms with Crippen LogP contribution in [0.2, 0.25) is 0 Å². The second kappa shape index (κ2) is 13.7. The SMILES string of the molecule is CCC(=O)N1CCC(NC(=NC)NCCCCSc2ccccc2Br)C1.I. The van der Waals surface area contributed by atoms with Crippen LogP contribution in [0.3, 0.4) is 0 Å². The van der Waals surface area contributed by atoms with Crippen molar-refractivity contribution in [3.63, 3.8) is 0 Å². The number of hydrogen-bond acceptors (Lipinski definition) is 3. The molecule has 0 aliphatic carbocycles. The van der Waals surface area contributed by atoms with Gasteiger partial charge in [-0.1, -0.05) is 19.1 Å². The van der Waals surface area contributed by atoms with Crippen LogP contribution in [0.5, 0.6) is 0 Å². The monoisotopic (exact) mass is 568 g/mol. The molecule has 1 aromatic rings. The molecule has 1 aliphatic rings. The standard InChI is InChI=1S/C19H29BrN4OS.HI/c1-3-18(25)24-12-10-15(14-24)23-19(21-2)22-11-6-7-13-26-17-9-5-4-8-16(17)20;/h4-5,8-9,15H,3,6-7,10-14H2,1-2H3,(H2,21,22,23);1H. The summed E-state index contributed by atoms with van der Waals surface area (Å²) in [5.41, 5.74) is 0. The summed E-state index contributed by atoms with van der Waals surface area (Å²) in [5.74, 6) is 2.17. The summed E-state index contributed by atoms with van der Waals surface area (Å²) in [5, 5.41) is 6.81. The number of nitrogens with zero attached hydrogens (tertiary/aromatic N) is 2. The maximum absolute atomic E-state index is 11.8. The quantitative estimate of drug-likeness (QED) is 0.163. The highest BCUT2D eigenvalue weighted by Crippen LogP contribution is 2.27. The third-order valence-electron chi connectivity index (χ3n) is 4.37. The molecule has 1 saturated heterocycles. The highest BCUT2D eigenvalue weighted by Gasteiger charge is 2.25. The molecule has 0 saturated carbocycles. The number of hydrogen-bond donors (Lipinski definition) is 2. The molecule has 0 spiro atoms. The van der Waals surface area contributed by atoms with Gasteiger partial charge in [-0.3, -0.25) is 9.79 Å². The molecule has 1 aliphatic heterocycles. The van der Waals surface area contributed by atoms with Gasteiger partial charge < -0.3 is 15.5 Å². The van der Waals surface area contributed by atoms with Crippen LogP contribution < -0.4 is 10.6 Å². The van der Waals surface area contributed by atoms with E-state index >= 15 is 0 Å². The molecule has 1 fully saturated rings. The molecular weight excluding hydrogens is 539 g/mol. The third kappa shape index (κ3) is 8.60. The number of guanidine groups is 1. The molecule has 5 nitrogen and oxygen atoms in total. The van der Waals surface area contributed by atoms with Gasteiger partial charge in [0.25, 0.3) is 0 Å². The van der Waals surface area contributed by atoms with Crippen molar-refractivity contribution >= 4 is 63.5 Å². The average Bonchev–Trinajstić information content (AvgIpc) is 3.12. The van der Waals surface area contributed by atoms with Gasteiger partial charge in [-0.15, -0.1) is 35.7 Å². The van der Waals surface area contributed by atoms with Gasteiger partial charge >= 0.3 is 0 Å². The number of rotatable bonds is 8. The number of halogens is 2. The van der Waals surface area contributed by atoms with Crippen LogP contribution in [0.4, 0.5) is 0 Å². The summed E-state index contributed by atoms with van der Waals surface area (Å²) in [4.78, 5) is 19.3. The molecule has 8 heteroatoms. The molecule has 2 N–H and O–H groups in total. The van der Waals surface area contributed by atoms with Crippen molar-refractivity contribution in [3.8, 4) is 0 Å². The van der Waals surface area contributed by atoms with E-state index in [0.29, 0.717) is 12.5 Å². The topological polar surface area (TPSA) is 56.7 Å². The Balaban J connectivity index is 0.00000364. The van der Waals surface area contributed by atoms with E-state index in [1.165, 1.54) is 9.37 Å². The van der Waals surface area contributed by atoms with Gasteiger partial charge in [0.2, 0.25) is 5.91 Å². The van der Waals surface area contributed by atoms with Crippen molar-refractivity contribution in [3.05, 3.63) is 28.7 Å². The number of carbonyl (C=O) groups is 1. The number of likely N-dealkylation sites (tertiary alicyclic amines) is 1. The van der Waals surface area contributed by atoms with E-state index in [1.807, 2.05) is 29.7 Å². The summed E-state index contributed by atoms with van der Waals surface area (Å²) in [6.07, 6.45) is 3.81. The van der Waals surface area contributed by atoms with Gasteiger partial charge in [0.05, 0.1) is 0 Å². The van der Waals surface area contributed by atoms with Crippen molar-refractivity contribution in [2.24, 2.45) is 4.99 Å². The third-order valence-corrected chi connectivity index (χ3v) is 6.48. The second-order valence-corrected chi connectivity index (χ2v) is 8.30. The number of nitrogens with one attached hydrogen (secondary N) is 2. The van der Waals surface area contributed by atoms with E-state index in [1.54, 1.807) is 7.05 Å². The maximum Gasteiger partial charge on any atom is 0.222 e. The Morgan fingerprint density at radius 3 is 2.85 bits per heavy atom. The molecule has 0 bridgehead atoms. The summed E-state index contributed by atoms with van der Waals surface area (Å²) in [6.45, 7) is 4.43. The molecule has 1 amide bonds. The first-order valence-electron chi connectivity index (χ1n) is 9.26. The van der Waals surface area contributed by atoms with E-state index in [9.17, 15) is 4.79 Å². The Bertz CT molecular complexity index is 617. The summed E-state index contributed by atoms with van der Waals surface area (Å²) < 4.78 is 1.17. The Hall–Kier alpha value is -0.480. The smallest absolute Gasteiger partial charge is 0.222 e. The van der Waals surface area contributed by atoms with Crippen molar-refractivity contribution < 1.29 is 4.79 Å². The summed E-state index contributed by atoms with van der Waals surface area (Å²) >= 11 is 5.47. The minimum absolute atomic E-state index is 0. The fourth-order valence-corrected chi connectivity index (χ4v) is 4.47. The molecular formula is C19H30BrIN4OS. The molecule has 0 radical (unpaired) electrons. The lowest BCUT2D eigenvalue weighted by Gasteiger charge is -2.18. The zero-order valence-electron chi connectivity index (χ0n) is 16.0. The Kier molecular flexibility index (Phi) is 12.4. The van der Waals surface area contributed by atoms with Crippen LogP contribution >= 0.6 is 51.7 Å². The van der Waals surface area contributed by atoms with E-state index in [2.05, 4.69) is 49.8 Å². The van der Waals surface area contributed by atoms with Crippen LogP contribution in [0.1, 0.15) is 32.6 Å². The fraction of sp³-hybridized carbons (Fsp3) is 0.579. The lowest BCUT2D eigenvalue weighted by atomic mass is 10.3. The highest BCUT2D eigenvalue weighted by molar-refractivity contribution is 14.0. The molecule has 1 aromatic carbocycles. The van der Waals surface area contributed by atoms with Gasteiger partial charge in [-0.25, -0.2) is 0 Å². The zero-order chi connectivity index (χ0) is 18.8. The zero-order valence-corrected chi connectivity index (χ0v) is 20.8. The van der Waals surface area contributed by atoms with Crippen molar-refractivity contribution in [2.75, 3.05) is 32.4 Å². The van der Waals surface area contributed by atoms with Crippen molar-refractivity contribution in [2.45, 2.75) is 43.5 Å². The molecule has 2 rings (SSSR count). The first kappa shape index (κ1) is 24.6. The van der Waals surface area contributed by atoms with Gasteiger partial charge in [-0.2, -0.15) is 0 Å². The molecule has 0 aromatic heterocycles. The number of benzene rings is 1. The predicted octanol–water partition coefficient (Wildman–Crippen LogP) is 4.12. The van der Waals surface area contributed by atoms with Crippen molar-refractivity contribution in [1.29, 1.82) is 0 Å². The maximum atomic E-state index is 11.8. The normalized spacial score (nSPS) is 16.8. The van der Waals surface area contributed by atoms with Gasteiger partial charge in [-0.05, 0) is 53.1 Å².